The first-order chi connectivity index (χ1) is 12.8. The van der Waals surface area contributed by atoms with Gasteiger partial charge in [0.25, 0.3) is 0 Å². The summed E-state index contributed by atoms with van der Waals surface area (Å²) >= 11 is 11.9. The van der Waals surface area contributed by atoms with Crippen LogP contribution in [0.3, 0.4) is 0 Å². The van der Waals surface area contributed by atoms with Gasteiger partial charge in [-0.2, -0.15) is 9.29 Å². The summed E-state index contributed by atoms with van der Waals surface area (Å²) in [5.41, 5.74) is 0.863. The molecular weight excluding hydrogens is 409 g/mol. The van der Waals surface area contributed by atoms with Crippen LogP contribution < -0.4 is 10.2 Å². The van der Waals surface area contributed by atoms with Crippen molar-refractivity contribution in [1.82, 2.24) is 14.3 Å². The molecule has 0 amide bonds. The van der Waals surface area contributed by atoms with E-state index >= 15 is 0 Å². The van der Waals surface area contributed by atoms with Crippen molar-refractivity contribution in [3.8, 4) is 0 Å². The second-order valence-corrected chi connectivity index (χ2v) is 8.94. The lowest BCUT2D eigenvalue weighted by Gasteiger charge is -2.34. The zero-order valence-electron chi connectivity index (χ0n) is 15.1. The maximum Gasteiger partial charge on any atom is 0.243 e. The highest BCUT2D eigenvalue weighted by Gasteiger charge is 2.29. The van der Waals surface area contributed by atoms with E-state index in [0.717, 1.165) is 18.1 Å². The number of sulfonamides is 1. The Morgan fingerprint density at radius 3 is 2.41 bits per heavy atom. The quantitative estimate of drug-likeness (QED) is 0.786. The van der Waals surface area contributed by atoms with Gasteiger partial charge in [-0.1, -0.05) is 23.2 Å². The fourth-order valence-corrected chi connectivity index (χ4v) is 4.71. The molecule has 3 rings (SSSR count). The van der Waals surface area contributed by atoms with Crippen molar-refractivity contribution in [3.63, 3.8) is 0 Å². The molecule has 1 saturated heterocycles. The maximum absolute atomic E-state index is 12.9. The Labute approximate surface area is 169 Å². The first kappa shape index (κ1) is 20.1. The third kappa shape index (κ3) is 4.45. The molecule has 27 heavy (non-hydrogen) atoms. The van der Waals surface area contributed by atoms with E-state index in [9.17, 15) is 8.42 Å². The van der Waals surface area contributed by atoms with Gasteiger partial charge < -0.3 is 10.2 Å². The van der Waals surface area contributed by atoms with Crippen LogP contribution in [0.5, 0.6) is 0 Å². The minimum absolute atomic E-state index is 0.151. The van der Waals surface area contributed by atoms with Gasteiger partial charge in [0.15, 0.2) is 0 Å². The lowest BCUT2D eigenvalue weighted by molar-refractivity contribution is 0.384. The number of aryl methyl sites for hydroxylation is 1. The first-order valence-corrected chi connectivity index (χ1v) is 10.8. The summed E-state index contributed by atoms with van der Waals surface area (Å²) in [6.45, 7) is 6.45. The van der Waals surface area contributed by atoms with Crippen molar-refractivity contribution in [2.45, 2.75) is 18.7 Å². The number of anilines is 2. The molecule has 1 aliphatic rings. The van der Waals surface area contributed by atoms with E-state index in [1.165, 1.54) is 22.5 Å². The van der Waals surface area contributed by atoms with E-state index in [4.69, 9.17) is 23.2 Å². The lowest BCUT2D eigenvalue weighted by Crippen LogP contribution is -2.49. The summed E-state index contributed by atoms with van der Waals surface area (Å²) in [5, 5.41) is 3.67. The van der Waals surface area contributed by atoms with Gasteiger partial charge in [0.2, 0.25) is 16.0 Å². The highest BCUT2D eigenvalue weighted by Crippen LogP contribution is 2.27. The Morgan fingerprint density at radius 1 is 1.07 bits per heavy atom. The van der Waals surface area contributed by atoms with Crippen LogP contribution in [-0.2, 0) is 10.0 Å². The van der Waals surface area contributed by atoms with E-state index in [0.29, 0.717) is 37.1 Å². The third-order valence-electron chi connectivity index (χ3n) is 4.27. The molecule has 0 radical (unpaired) electrons. The van der Waals surface area contributed by atoms with Gasteiger partial charge in [0.05, 0.1) is 14.9 Å². The summed E-state index contributed by atoms with van der Waals surface area (Å²) < 4.78 is 27.2. The zero-order chi connectivity index (χ0) is 19.6. The molecule has 1 aromatic carbocycles. The minimum Gasteiger partial charge on any atom is -0.354 e. The average Bonchev–Trinajstić information content (AvgIpc) is 2.64. The van der Waals surface area contributed by atoms with Gasteiger partial charge in [-0.3, -0.25) is 0 Å². The predicted molar refractivity (Wildman–Crippen MR) is 108 cm³/mol. The molecule has 0 atom stereocenters. The first-order valence-electron chi connectivity index (χ1n) is 8.61. The molecule has 0 bridgehead atoms. The van der Waals surface area contributed by atoms with Crippen LogP contribution in [0.4, 0.5) is 11.8 Å². The van der Waals surface area contributed by atoms with Crippen LogP contribution in [0.1, 0.15) is 12.6 Å². The number of benzene rings is 1. The molecule has 0 aliphatic carbocycles. The molecule has 0 spiro atoms. The van der Waals surface area contributed by atoms with Gasteiger partial charge in [-0.05, 0) is 32.0 Å². The van der Waals surface area contributed by atoms with Crippen LogP contribution in [0, 0.1) is 6.92 Å². The second-order valence-electron chi connectivity index (χ2n) is 6.19. The Hall–Kier alpha value is -1.61. The summed E-state index contributed by atoms with van der Waals surface area (Å²) in [4.78, 5) is 11.1. The molecule has 0 saturated carbocycles. The number of halogens is 2. The molecule has 1 N–H and O–H groups in total. The van der Waals surface area contributed by atoms with Crippen molar-refractivity contribution in [2.75, 3.05) is 42.9 Å². The van der Waals surface area contributed by atoms with Crippen molar-refractivity contribution in [1.29, 1.82) is 0 Å². The molecule has 2 heterocycles. The van der Waals surface area contributed by atoms with Crippen LogP contribution in [0.15, 0.2) is 29.2 Å². The molecule has 2 aromatic rings. The smallest absolute Gasteiger partial charge is 0.243 e. The Bertz CT molecular complexity index is 931. The SMILES string of the molecule is CCNc1nc(C)cc(N2CCN(S(=O)(=O)c3ccc(Cl)c(Cl)c3)CC2)n1. The normalized spacial score (nSPS) is 15.8. The van der Waals surface area contributed by atoms with Crippen molar-refractivity contribution < 1.29 is 8.42 Å². The molecule has 0 unspecified atom stereocenters. The van der Waals surface area contributed by atoms with Gasteiger partial charge >= 0.3 is 0 Å². The number of hydrogen-bond acceptors (Lipinski definition) is 6. The van der Waals surface area contributed by atoms with Gasteiger partial charge in [-0.25, -0.2) is 13.4 Å². The number of nitrogens with zero attached hydrogens (tertiary/aromatic N) is 4. The van der Waals surface area contributed by atoms with E-state index in [1.54, 1.807) is 0 Å². The number of hydrogen-bond donors (Lipinski definition) is 1. The monoisotopic (exact) mass is 429 g/mol. The van der Waals surface area contributed by atoms with E-state index in [2.05, 4.69) is 20.2 Å². The third-order valence-corrected chi connectivity index (χ3v) is 6.90. The standard InChI is InChI=1S/C17H21Cl2N5O2S/c1-3-20-17-21-12(2)10-16(22-17)23-6-8-24(9-7-23)27(25,26)13-4-5-14(18)15(19)11-13/h4-5,10-11H,3,6-9H2,1-2H3,(H,20,21,22). The molecule has 1 fully saturated rings. The minimum atomic E-state index is -3.61. The average molecular weight is 430 g/mol. The van der Waals surface area contributed by atoms with Crippen LogP contribution >= 0.6 is 23.2 Å². The highest BCUT2D eigenvalue weighted by molar-refractivity contribution is 7.89. The summed E-state index contributed by atoms with van der Waals surface area (Å²) in [6.07, 6.45) is 0. The van der Waals surface area contributed by atoms with Crippen LogP contribution in [0.2, 0.25) is 10.0 Å². The van der Waals surface area contributed by atoms with E-state index < -0.39 is 10.0 Å². The van der Waals surface area contributed by atoms with E-state index in [1.807, 2.05) is 19.9 Å². The lowest BCUT2D eigenvalue weighted by atomic mass is 10.3. The molecule has 1 aliphatic heterocycles. The molecular formula is C17H21Cl2N5O2S. The zero-order valence-corrected chi connectivity index (χ0v) is 17.4. The van der Waals surface area contributed by atoms with Gasteiger partial charge in [0, 0.05) is 44.5 Å². The topological polar surface area (TPSA) is 78.4 Å². The predicted octanol–water partition coefficient (Wildman–Crippen LogP) is 3.03. The fraction of sp³-hybridized carbons (Fsp3) is 0.412. The number of piperazine rings is 1. The van der Waals surface area contributed by atoms with Crippen LogP contribution in [-0.4, -0.2) is 55.4 Å². The number of aromatic nitrogens is 2. The largest absolute Gasteiger partial charge is 0.354 e. The Kier molecular flexibility index (Phi) is 6.10. The van der Waals surface area contributed by atoms with Crippen molar-refractivity contribution in [3.05, 3.63) is 40.0 Å². The molecule has 10 heteroatoms. The summed E-state index contributed by atoms with van der Waals surface area (Å²) in [7, 11) is -3.61. The van der Waals surface area contributed by atoms with Crippen molar-refractivity contribution >= 4 is 45.0 Å². The highest BCUT2D eigenvalue weighted by atomic mass is 35.5. The van der Waals surface area contributed by atoms with E-state index in [-0.39, 0.29) is 9.92 Å². The molecule has 146 valence electrons. The molecule has 7 nitrogen and oxygen atoms in total. The second kappa shape index (κ2) is 8.18. The Morgan fingerprint density at radius 2 is 1.78 bits per heavy atom. The summed E-state index contributed by atoms with van der Waals surface area (Å²) in [5.74, 6) is 1.38. The van der Waals surface area contributed by atoms with Gasteiger partial charge in [0.1, 0.15) is 5.82 Å². The van der Waals surface area contributed by atoms with Gasteiger partial charge in [-0.15, -0.1) is 0 Å². The maximum atomic E-state index is 12.9. The summed E-state index contributed by atoms with van der Waals surface area (Å²) in [6, 6.07) is 6.28. The number of rotatable bonds is 5. The van der Waals surface area contributed by atoms with Crippen LogP contribution in [0.25, 0.3) is 0 Å². The Balaban J connectivity index is 1.74. The molecule has 1 aromatic heterocycles. The van der Waals surface area contributed by atoms with Crippen molar-refractivity contribution in [2.24, 2.45) is 0 Å². The number of nitrogens with one attached hydrogen (secondary N) is 1. The fourth-order valence-electron chi connectivity index (χ4n) is 2.90.